The topological polar surface area (TPSA) is 15.3 Å². The minimum Gasteiger partial charge on any atom is -0.315 e. The van der Waals surface area contributed by atoms with Crippen LogP contribution in [0.15, 0.2) is 0 Å². The van der Waals surface area contributed by atoms with Crippen molar-refractivity contribution in [2.24, 2.45) is 0 Å². The first-order chi connectivity index (χ1) is 8.17. The summed E-state index contributed by atoms with van der Waals surface area (Å²) in [6, 6.07) is 1.37. The first kappa shape index (κ1) is 16.9. The van der Waals surface area contributed by atoms with Crippen LogP contribution in [-0.4, -0.2) is 36.6 Å². The molecular formula is C15H34N2. The van der Waals surface area contributed by atoms with E-state index in [-0.39, 0.29) is 0 Å². The van der Waals surface area contributed by atoms with Gasteiger partial charge in [0.1, 0.15) is 0 Å². The van der Waals surface area contributed by atoms with E-state index in [0.717, 1.165) is 13.1 Å². The maximum absolute atomic E-state index is 3.57. The Morgan fingerprint density at radius 3 is 2.18 bits per heavy atom. The van der Waals surface area contributed by atoms with Crippen LogP contribution in [0.1, 0.15) is 66.7 Å². The van der Waals surface area contributed by atoms with Gasteiger partial charge in [0, 0.05) is 18.6 Å². The van der Waals surface area contributed by atoms with Gasteiger partial charge in [0.2, 0.25) is 0 Å². The minimum atomic E-state index is 0.667. The Morgan fingerprint density at radius 1 is 1.00 bits per heavy atom. The van der Waals surface area contributed by atoms with Crippen LogP contribution < -0.4 is 5.32 Å². The summed E-state index contributed by atoms with van der Waals surface area (Å²) in [7, 11) is 0. The average molecular weight is 242 g/mol. The molecule has 0 amide bonds. The van der Waals surface area contributed by atoms with Crippen LogP contribution in [-0.2, 0) is 0 Å². The fraction of sp³-hybridized carbons (Fsp3) is 1.00. The van der Waals surface area contributed by atoms with Crippen LogP contribution in [0.3, 0.4) is 0 Å². The zero-order chi connectivity index (χ0) is 13.1. The zero-order valence-electron chi connectivity index (χ0n) is 12.8. The number of unbranched alkanes of at least 4 members (excludes halogenated alkanes) is 2. The minimum absolute atomic E-state index is 0.667. The fourth-order valence-corrected chi connectivity index (χ4v) is 2.35. The summed E-state index contributed by atoms with van der Waals surface area (Å²) in [5.74, 6) is 0. The van der Waals surface area contributed by atoms with Gasteiger partial charge in [-0.1, -0.05) is 33.6 Å². The first-order valence-corrected chi connectivity index (χ1v) is 7.63. The number of nitrogens with zero attached hydrogens (tertiary/aromatic N) is 1. The van der Waals surface area contributed by atoms with Gasteiger partial charge >= 0.3 is 0 Å². The summed E-state index contributed by atoms with van der Waals surface area (Å²) in [5, 5.41) is 3.57. The van der Waals surface area contributed by atoms with Crippen molar-refractivity contribution in [3.05, 3.63) is 0 Å². The molecule has 17 heavy (non-hydrogen) atoms. The molecule has 0 aromatic carbocycles. The van der Waals surface area contributed by atoms with Crippen molar-refractivity contribution in [1.82, 2.24) is 10.2 Å². The Bertz CT molecular complexity index is 157. The van der Waals surface area contributed by atoms with Gasteiger partial charge in [-0.2, -0.15) is 0 Å². The standard InChI is InChI=1S/C15H34N2/c1-6-9-10-12-17(14(4)5)15(8-3)13-16-11-7-2/h14-16H,6-13H2,1-5H3. The zero-order valence-corrected chi connectivity index (χ0v) is 12.8. The fourth-order valence-electron chi connectivity index (χ4n) is 2.35. The molecule has 1 atom stereocenters. The van der Waals surface area contributed by atoms with Crippen molar-refractivity contribution in [3.8, 4) is 0 Å². The molecule has 0 heterocycles. The van der Waals surface area contributed by atoms with Gasteiger partial charge in [0.05, 0.1) is 0 Å². The Balaban J connectivity index is 4.11. The molecular weight excluding hydrogens is 208 g/mol. The van der Waals surface area contributed by atoms with Crippen LogP contribution in [0.2, 0.25) is 0 Å². The molecule has 0 aliphatic heterocycles. The Labute approximate surface area is 109 Å². The summed E-state index contributed by atoms with van der Waals surface area (Å²) in [4.78, 5) is 2.68. The lowest BCUT2D eigenvalue weighted by atomic mass is 10.1. The van der Waals surface area contributed by atoms with E-state index >= 15 is 0 Å². The lowest BCUT2D eigenvalue weighted by Crippen LogP contribution is -2.46. The molecule has 0 saturated carbocycles. The second-order valence-electron chi connectivity index (χ2n) is 5.30. The second-order valence-corrected chi connectivity index (χ2v) is 5.30. The highest BCUT2D eigenvalue weighted by Crippen LogP contribution is 2.11. The van der Waals surface area contributed by atoms with E-state index in [2.05, 4.69) is 44.8 Å². The summed E-state index contributed by atoms with van der Waals surface area (Å²) in [6.45, 7) is 15.0. The van der Waals surface area contributed by atoms with Gasteiger partial charge in [-0.25, -0.2) is 0 Å². The molecule has 104 valence electrons. The van der Waals surface area contributed by atoms with E-state index in [1.165, 1.54) is 38.6 Å². The lowest BCUT2D eigenvalue weighted by molar-refractivity contribution is 0.143. The molecule has 0 radical (unpaired) electrons. The molecule has 2 nitrogen and oxygen atoms in total. The maximum atomic E-state index is 3.57. The summed E-state index contributed by atoms with van der Waals surface area (Å²) in [6.07, 6.45) is 6.51. The number of hydrogen-bond donors (Lipinski definition) is 1. The van der Waals surface area contributed by atoms with Gasteiger partial charge in [0.25, 0.3) is 0 Å². The van der Waals surface area contributed by atoms with Crippen molar-refractivity contribution in [2.45, 2.75) is 78.8 Å². The van der Waals surface area contributed by atoms with Crippen LogP contribution in [0.25, 0.3) is 0 Å². The van der Waals surface area contributed by atoms with Crippen molar-refractivity contribution in [3.63, 3.8) is 0 Å². The molecule has 2 heteroatoms. The molecule has 0 aromatic rings. The highest BCUT2D eigenvalue weighted by molar-refractivity contribution is 4.75. The average Bonchev–Trinajstić information content (AvgIpc) is 2.31. The van der Waals surface area contributed by atoms with Crippen molar-refractivity contribution in [1.29, 1.82) is 0 Å². The van der Waals surface area contributed by atoms with Crippen LogP contribution in [0, 0.1) is 0 Å². The van der Waals surface area contributed by atoms with Gasteiger partial charge in [0.15, 0.2) is 0 Å². The monoisotopic (exact) mass is 242 g/mol. The first-order valence-electron chi connectivity index (χ1n) is 7.63. The molecule has 1 N–H and O–H groups in total. The van der Waals surface area contributed by atoms with Crippen molar-refractivity contribution >= 4 is 0 Å². The SMILES string of the molecule is CCCCCN(C(C)C)C(CC)CNCCC. The number of rotatable bonds is 11. The van der Waals surface area contributed by atoms with E-state index in [1.807, 2.05) is 0 Å². The third-order valence-corrected chi connectivity index (χ3v) is 3.43. The Hall–Kier alpha value is -0.0800. The molecule has 0 fully saturated rings. The molecule has 0 rings (SSSR count). The third kappa shape index (κ3) is 7.77. The number of nitrogens with one attached hydrogen (secondary N) is 1. The summed E-state index contributed by atoms with van der Waals surface area (Å²) >= 11 is 0. The lowest BCUT2D eigenvalue weighted by Gasteiger charge is -2.34. The predicted molar refractivity (Wildman–Crippen MR) is 78.6 cm³/mol. The van der Waals surface area contributed by atoms with Crippen LogP contribution in [0.5, 0.6) is 0 Å². The molecule has 0 aliphatic rings. The van der Waals surface area contributed by atoms with E-state index in [0.29, 0.717) is 12.1 Å². The molecule has 0 bridgehead atoms. The summed E-state index contributed by atoms with van der Waals surface area (Å²) in [5.41, 5.74) is 0. The van der Waals surface area contributed by atoms with Crippen LogP contribution >= 0.6 is 0 Å². The molecule has 0 aromatic heterocycles. The van der Waals surface area contributed by atoms with Gasteiger partial charge in [-0.15, -0.1) is 0 Å². The van der Waals surface area contributed by atoms with E-state index < -0.39 is 0 Å². The van der Waals surface area contributed by atoms with Gasteiger partial charge in [-0.05, 0) is 46.2 Å². The normalized spacial score (nSPS) is 13.6. The predicted octanol–water partition coefficient (Wildman–Crippen LogP) is 3.67. The smallest absolute Gasteiger partial charge is 0.0220 e. The highest BCUT2D eigenvalue weighted by Gasteiger charge is 2.18. The molecule has 0 spiro atoms. The summed E-state index contributed by atoms with van der Waals surface area (Å²) < 4.78 is 0. The van der Waals surface area contributed by atoms with E-state index in [1.54, 1.807) is 0 Å². The van der Waals surface area contributed by atoms with Crippen LogP contribution in [0.4, 0.5) is 0 Å². The van der Waals surface area contributed by atoms with Gasteiger partial charge < -0.3 is 5.32 Å². The van der Waals surface area contributed by atoms with E-state index in [9.17, 15) is 0 Å². The van der Waals surface area contributed by atoms with Gasteiger partial charge in [-0.3, -0.25) is 4.90 Å². The Morgan fingerprint density at radius 2 is 1.71 bits per heavy atom. The quantitative estimate of drug-likeness (QED) is 0.556. The van der Waals surface area contributed by atoms with Crippen molar-refractivity contribution in [2.75, 3.05) is 19.6 Å². The highest BCUT2D eigenvalue weighted by atomic mass is 15.2. The second kappa shape index (κ2) is 11.0. The number of hydrogen-bond acceptors (Lipinski definition) is 2. The molecule has 0 saturated heterocycles. The maximum Gasteiger partial charge on any atom is 0.0220 e. The van der Waals surface area contributed by atoms with E-state index in [4.69, 9.17) is 0 Å². The third-order valence-electron chi connectivity index (χ3n) is 3.43. The largest absolute Gasteiger partial charge is 0.315 e. The van der Waals surface area contributed by atoms with Crippen molar-refractivity contribution < 1.29 is 0 Å². The Kier molecular flexibility index (Phi) is 11.0. The molecule has 0 aliphatic carbocycles. The molecule has 1 unspecified atom stereocenters.